The zero-order valence-electron chi connectivity index (χ0n) is 20.6. The molecule has 0 saturated heterocycles. The number of ether oxygens (including phenoxy) is 1. The van der Waals surface area contributed by atoms with Crippen molar-refractivity contribution < 1.29 is 9.53 Å². The van der Waals surface area contributed by atoms with Crippen molar-refractivity contribution in [3.05, 3.63) is 68.4 Å². The summed E-state index contributed by atoms with van der Waals surface area (Å²) in [6, 6.07) is 8.92. The van der Waals surface area contributed by atoms with Crippen molar-refractivity contribution in [1.82, 2.24) is 18.7 Å². The Morgan fingerprint density at radius 1 is 1.14 bits per heavy atom. The lowest BCUT2D eigenvalue weighted by molar-refractivity contribution is 0.0841. The number of benzene rings is 1. The Labute approximate surface area is 203 Å². The zero-order valence-corrected chi connectivity index (χ0v) is 20.6. The molecule has 1 aromatic carbocycles. The summed E-state index contributed by atoms with van der Waals surface area (Å²) in [5, 5.41) is 0. The van der Waals surface area contributed by atoms with E-state index in [4.69, 9.17) is 10.5 Å². The maximum atomic E-state index is 13.6. The molecule has 0 radical (unpaired) electrons. The summed E-state index contributed by atoms with van der Waals surface area (Å²) < 4.78 is 10.3. The average molecular weight is 480 g/mol. The molecule has 0 bridgehead atoms. The fraction of sp³-hybridized carbons (Fsp3) is 0.462. The summed E-state index contributed by atoms with van der Waals surface area (Å²) >= 11 is 0. The van der Waals surface area contributed by atoms with Crippen molar-refractivity contribution in [2.45, 2.75) is 58.7 Å². The van der Waals surface area contributed by atoms with Gasteiger partial charge in [0, 0.05) is 25.1 Å². The minimum atomic E-state index is -0.595. The second kappa shape index (κ2) is 10.4. The fourth-order valence-electron chi connectivity index (χ4n) is 4.62. The van der Waals surface area contributed by atoms with Crippen LogP contribution in [0.2, 0.25) is 0 Å². The molecule has 2 heterocycles. The Kier molecular flexibility index (Phi) is 7.35. The molecule has 2 atom stereocenters. The van der Waals surface area contributed by atoms with E-state index in [1.807, 2.05) is 19.9 Å². The van der Waals surface area contributed by atoms with Crippen molar-refractivity contribution in [2.75, 3.05) is 6.54 Å². The minimum absolute atomic E-state index is 0.102. The van der Waals surface area contributed by atoms with Gasteiger partial charge in [0.2, 0.25) is 0 Å². The van der Waals surface area contributed by atoms with Gasteiger partial charge in [-0.15, -0.1) is 0 Å². The van der Waals surface area contributed by atoms with Gasteiger partial charge in [0.1, 0.15) is 6.10 Å². The van der Waals surface area contributed by atoms with E-state index in [9.17, 15) is 14.4 Å². The van der Waals surface area contributed by atoms with E-state index in [0.29, 0.717) is 24.7 Å². The Hall–Kier alpha value is -3.46. The molecule has 1 fully saturated rings. The first-order chi connectivity index (χ1) is 16.8. The number of Topliss-reactive ketones (excluding diaryl/α,β-unsaturated/α-hetero) is 1. The van der Waals surface area contributed by atoms with Crippen molar-refractivity contribution in [1.29, 1.82) is 0 Å². The minimum Gasteiger partial charge on any atom is -0.461 e. The Morgan fingerprint density at radius 2 is 1.86 bits per heavy atom. The van der Waals surface area contributed by atoms with E-state index >= 15 is 0 Å². The maximum absolute atomic E-state index is 13.6. The first kappa shape index (κ1) is 24.7. The highest BCUT2D eigenvalue weighted by atomic mass is 16.5. The van der Waals surface area contributed by atoms with Crippen LogP contribution in [-0.2, 0) is 20.1 Å². The SMILES string of the molecule is CC(C)=CCn1c(O[C@@H]2CCCC[C@@H]2CN)nc2c1c(=O)n(CC(=O)c1ccccc1)c(=O)n2C. The summed E-state index contributed by atoms with van der Waals surface area (Å²) in [7, 11) is 1.55. The molecule has 186 valence electrons. The summed E-state index contributed by atoms with van der Waals surface area (Å²) in [6.07, 6.45) is 5.88. The van der Waals surface area contributed by atoms with Gasteiger partial charge in [-0.2, -0.15) is 4.98 Å². The van der Waals surface area contributed by atoms with Crippen molar-refractivity contribution in [2.24, 2.45) is 18.7 Å². The number of imidazole rings is 1. The van der Waals surface area contributed by atoms with E-state index in [-0.39, 0.29) is 35.5 Å². The number of fused-ring (bicyclic) bond motifs is 1. The van der Waals surface area contributed by atoms with E-state index in [1.54, 1.807) is 41.9 Å². The second-order valence-electron chi connectivity index (χ2n) is 9.42. The molecule has 9 nitrogen and oxygen atoms in total. The number of ketones is 1. The monoisotopic (exact) mass is 479 g/mol. The summed E-state index contributed by atoms with van der Waals surface area (Å²) in [5.74, 6) is -0.103. The molecule has 4 rings (SSSR count). The highest BCUT2D eigenvalue weighted by Crippen LogP contribution is 2.29. The standard InChI is InChI=1S/C26H33N5O4/c1-17(2)13-14-30-22-23(28-25(30)35-21-12-8-7-11-19(21)15-27)29(3)26(34)31(24(22)33)16-20(32)18-9-5-4-6-10-18/h4-6,9-10,13,19,21H,7-8,11-12,14-16,27H2,1-3H3/t19-,21-/m1/s1. The van der Waals surface area contributed by atoms with Gasteiger partial charge in [-0.25, -0.2) is 4.79 Å². The van der Waals surface area contributed by atoms with Crippen LogP contribution >= 0.6 is 0 Å². The lowest BCUT2D eigenvalue weighted by Gasteiger charge is -2.30. The van der Waals surface area contributed by atoms with Gasteiger partial charge in [-0.1, -0.05) is 48.4 Å². The molecule has 0 spiro atoms. The third-order valence-electron chi connectivity index (χ3n) is 6.68. The van der Waals surface area contributed by atoms with Crippen molar-refractivity contribution in [3.63, 3.8) is 0 Å². The van der Waals surface area contributed by atoms with Crippen LogP contribution in [0.15, 0.2) is 51.6 Å². The third-order valence-corrected chi connectivity index (χ3v) is 6.68. The largest absolute Gasteiger partial charge is 0.461 e. The predicted octanol–water partition coefficient (Wildman–Crippen LogP) is 2.64. The van der Waals surface area contributed by atoms with Crippen LogP contribution in [0.3, 0.4) is 0 Å². The topological polar surface area (TPSA) is 114 Å². The maximum Gasteiger partial charge on any atom is 0.332 e. The van der Waals surface area contributed by atoms with Gasteiger partial charge in [-0.3, -0.25) is 23.3 Å². The van der Waals surface area contributed by atoms with Crippen LogP contribution in [0, 0.1) is 5.92 Å². The highest BCUT2D eigenvalue weighted by Gasteiger charge is 2.29. The zero-order chi connectivity index (χ0) is 25.1. The molecule has 0 unspecified atom stereocenters. The quantitative estimate of drug-likeness (QED) is 0.392. The fourth-order valence-corrected chi connectivity index (χ4v) is 4.62. The molecule has 1 aliphatic rings. The summed E-state index contributed by atoms with van der Waals surface area (Å²) in [6.45, 7) is 4.46. The molecular formula is C26H33N5O4. The van der Waals surface area contributed by atoms with Gasteiger partial charge < -0.3 is 10.5 Å². The molecule has 9 heteroatoms. The van der Waals surface area contributed by atoms with Crippen LogP contribution in [0.4, 0.5) is 0 Å². The van der Waals surface area contributed by atoms with Gasteiger partial charge >= 0.3 is 5.69 Å². The van der Waals surface area contributed by atoms with Gasteiger partial charge in [0.05, 0.1) is 6.54 Å². The lowest BCUT2D eigenvalue weighted by Crippen LogP contribution is -2.41. The van der Waals surface area contributed by atoms with E-state index in [2.05, 4.69) is 4.98 Å². The van der Waals surface area contributed by atoms with Crippen LogP contribution in [0.1, 0.15) is 49.9 Å². The van der Waals surface area contributed by atoms with Gasteiger partial charge in [0.15, 0.2) is 16.9 Å². The predicted molar refractivity (Wildman–Crippen MR) is 135 cm³/mol. The van der Waals surface area contributed by atoms with Crippen LogP contribution in [0.25, 0.3) is 11.2 Å². The number of nitrogens with zero attached hydrogens (tertiary/aromatic N) is 4. The Morgan fingerprint density at radius 3 is 2.54 bits per heavy atom. The number of rotatable bonds is 8. The molecular weight excluding hydrogens is 446 g/mol. The normalized spacial score (nSPS) is 17.9. The van der Waals surface area contributed by atoms with E-state index < -0.39 is 11.2 Å². The van der Waals surface area contributed by atoms with Crippen LogP contribution < -0.4 is 21.7 Å². The van der Waals surface area contributed by atoms with E-state index in [1.165, 1.54) is 4.57 Å². The van der Waals surface area contributed by atoms with Gasteiger partial charge in [-0.05, 0) is 39.7 Å². The molecule has 2 N–H and O–H groups in total. The van der Waals surface area contributed by atoms with Gasteiger partial charge in [0.25, 0.3) is 11.6 Å². The molecule has 35 heavy (non-hydrogen) atoms. The molecule has 1 aliphatic carbocycles. The lowest BCUT2D eigenvalue weighted by atomic mass is 9.86. The number of allylic oxidation sites excluding steroid dienone is 2. The summed E-state index contributed by atoms with van der Waals surface area (Å²) in [5.41, 5.74) is 6.82. The number of carbonyl (C=O) groups is 1. The summed E-state index contributed by atoms with van der Waals surface area (Å²) in [4.78, 5) is 44.1. The first-order valence-corrected chi connectivity index (χ1v) is 12.1. The average Bonchev–Trinajstić information content (AvgIpc) is 3.23. The number of aromatic nitrogens is 4. The number of aryl methyl sites for hydroxylation is 1. The second-order valence-corrected chi connectivity index (χ2v) is 9.42. The molecule has 0 aliphatic heterocycles. The van der Waals surface area contributed by atoms with Crippen LogP contribution in [0.5, 0.6) is 6.01 Å². The Balaban J connectivity index is 1.83. The molecule has 0 amide bonds. The third kappa shape index (κ3) is 5.00. The first-order valence-electron chi connectivity index (χ1n) is 12.1. The number of carbonyl (C=O) groups excluding carboxylic acids is 1. The molecule has 3 aromatic rings. The van der Waals surface area contributed by atoms with Crippen molar-refractivity contribution in [3.8, 4) is 6.01 Å². The van der Waals surface area contributed by atoms with E-state index in [0.717, 1.165) is 35.8 Å². The number of nitrogens with two attached hydrogens (primary N) is 1. The number of hydrogen-bond donors (Lipinski definition) is 1. The molecule has 1 saturated carbocycles. The number of hydrogen-bond acceptors (Lipinski definition) is 6. The smallest absolute Gasteiger partial charge is 0.332 e. The van der Waals surface area contributed by atoms with Crippen LogP contribution in [-0.4, -0.2) is 37.1 Å². The highest BCUT2D eigenvalue weighted by molar-refractivity contribution is 5.95. The van der Waals surface area contributed by atoms with Crippen molar-refractivity contribution >= 4 is 16.9 Å². The molecule has 2 aromatic heterocycles. The Bertz CT molecular complexity index is 1360.